The molecule has 3 aromatic heterocycles. The van der Waals surface area contributed by atoms with Crippen molar-refractivity contribution in [2.75, 3.05) is 11.4 Å². The molecule has 3 aromatic rings. The van der Waals surface area contributed by atoms with Gasteiger partial charge in [-0.1, -0.05) is 6.92 Å². The molecule has 0 spiro atoms. The second-order valence-corrected chi connectivity index (χ2v) is 6.92. The average molecular weight is 376 g/mol. The third kappa shape index (κ3) is 2.43. The van der Waals surface area contributed by atoms with E-state index in [9.17, 15) is 0 Å². The zero-order valence-corrected chi connectivity index (χ0v) is 14.7. The molecule has 7 heteroatoms. The first-order chi connectivity index (χ1) is 11.1. The summed E-state index contributed by atoms with van der Waals surface area (Å²) < 4.78 is 8.26. The van der Waals surface area contributed by atoms with Crippen LogP contribution in [0, 0.1) is 5.92 Å². The van der Waals surface area contributed by atoms with Crippen molar-refractivity contribution >= 4 is 32.8 Å². The maximum atomic E-state index is 5.70. The number of halogens is 1. The summed E-state index contributed by atoms with van der Waals surface area (Å²) in [7, 11) is 1.90. The Bertz CT molecular complexity index is 828. The molecule has 23 heavy (non-hydrogen) atoms. The van der Waals surface area contributed by atoms with Gasteiger partial charge < -0.3 is 9.32 Å². The molecule has 1 saturated heterocycles. The first kappa shape index (κ1) is 14.7. The number of piperidine rings is 1. The number of furan rings is 1. The van der Waals surface area contributed by atoms with Gasteiger partial charge in [0.25, 0.3) is 0 Å². The van der Waals surface area contributed by atoms with E-state index in [1.54, 1.807) is 17.3 Å². The third-order valence-corrected chi connectivity index (χ3v) is 5.12. The minimum absolute atomic E-state index is 0.193. The first-order valence-corrected chi connectivity index (χ1v) is 8.57. The molecule has 0 aliphatic carbocycles. The van der Waals surface area contributed by atoms with Crippen LogP contribution in [-0.2, 0) is 7.05 Å². The average Bonchev–Trinajstić information content (AvgIpc) is 3.17. The minimum Gasteiger partial charge on any atom is -0.467 e. The molecule has 1 aliphatic heterocycles. The Hall–Kier alpha value is -1.89. The van der Waals surface area contributed by atoms with Gasteiger partial charge in [0.2, 0.25) is 0 Å². The van der Waals surface area contributed by atoms with Gasteiger partial charge in [0.15, 0.2) is 5.65 Å². The first-order valence-electron chi connectivity index (χ1n) is 7.78. The molecule has 1 aliphatic rings. The molecule has 2 atom stereocenters. The minimum atomic E-state index is 0.193. The molecule has 6 nitrogen and oxygen atoms in total. The van der Waals surface area contributed by atoms with E-state index < -0.39 is 0 Å². The van der Waals surface area contributed by atoms with E-state index in [-0.39, 0.29) is 6.04 Å². The highest BCUT2D eigenvalue weighted by Gasteiger charge is 2.32. The quantitative estimate of drug-likeness (QED) is 0.683. The summed E-state index contributed by atoms with van der Waals surface area (Å²) in [5, 5.41) is 5.39. The molecule has 0 amide bonds. The Morgan fingerprint density at radius 3 is 3.00 bits per heavy atom. The van der Waals surface area contributed by atoms with E-state index in [2.05, 4.69) is 42.8 Å². The number of fused-ring (bicyclic) bond motifs is 1. The van der Waals surface area contributed by atoms with Crippen molar-refractivity contribution in [1.82, 2.24) is 19.7 Å². The standard InChI is InChI=1S/C16H18BrN5O/c1-10-5-6-22(11(8-10)12-4-3-7-23-12)16-13-14(17)20-21(2)15(13)18-9-19-16/h3-4,7,9-11H,5-6,8H2,1-2H3. The van der Waals surface area contributed by atoms with Gasteiger partial charge in [-0.3, -0.25) is 0 Å². The molecule has 1 fully saturated rings. The number of rotatable bonds is 2. The molecule has 2 unspecified atom stereocenters. The third-order valence-electron chi connectivity index (χ3n) is 4.57. The highest BCUT2D eigenvalue weighted by Crippen LogP contribution is 2.40. The van der Waals surface area contributed by atoms with Gasteiger partial charge in [0, 0.05) is 13.6 Å². The molecule has 0 aromatic carbocycles. The lowest BCUT2D eigenvalue weighted by Crippen LogP contribution is -2.36. The molecule has 120 valence electrons. The van der Waals surface area contributed by atoms with Crippen molar-refractivity contribution in [3.8, 4) is 0 Å². The summed E-state index contributed by atoms with van der Waals surface area (Å²) in [6.45, 7) is 3.24. The monoisotopic (exact) mass is 375 g/mol. The topological polar surface area (TPSA) is 60.0 Å². The van der Waals surface area contributed by atoms with E-state index in [1.165, 1.54) is 0 Å². The van der Waals surface area contributed by atoms with Crippen LogP contribution in [0.5, 0.6) is 0 Å². The van der Waals surface area contributed by atoms with Gasteiger partial charge in [-0.15, -0.1) is 0 Å². The molecular weight excluding hydrogens is 358 g/mol. The van der Waals surface area contributed by atoms with Crippen molar-refractivity contribution in [2.24, 2.45) is 13.0 Å². The SMILES string of the molecule is CC1CCN(c2ncnc3c2c(Br)nn3C)C(c2ccco2)C1. The van der Waals surface area contributed by atoms with Gasteiger partial charge in [-0.2, -0.15) is 5.10 Å². The maximum Gasteiger partial charge on any atom is 0.164 e. The van der Waals surface area contributed by atoms with E-state index in [0.717, 1.165) is 46.6 Å². The predicted molar refractivity (Wildman–Crippen MR) is 91.2 cm³/mol. The lowest BCUT2D eigenvalue weighted by molar-refractivity contribution is 0.327. The fourth-order valence-corrected chi connectivity index (χ4v) is 3.98. The summed E-state index contributed by atoms with van der Waals surface area (Å²) >= 11 is 3.55. The second-order valence-electron chi connectivity index (χ2n) is 6.16. The van der Waals surface area contributed by atoms with Gasteiger partial charge in [0.05, 0.1) is 17.7 Å². The van der Waals surface area contributed by atoms with Gasteiger partial charge in [-0.05, 0) is 46.8 Å². The van der Waals surface area contributed by atoms with Crippen LogP contribution < -0.4 is 4.90 Å². The summed E-state index contributed by atoms with van der Waals surface area (Å²) in [6, 6.07) is 4.19. The zero-order valence-electron chi connectivity index (χ0n) is 13.1. The zero-order chi connectivity index (χ0) is 16.0. The molecule has 0 bridgehead atoms. The predicted octanol–water partition coefficient (Wildman–Crippen LogP) is 3.70. The van der Waals surface area contributed by atoms with Crippen LogP contribution >= 0.6 is 15.9 Å². The summed E-state index contributed by atoms with van der Waals surface area (Å²) in [6.07, 6.45) is 5.54. The summed E-state index contributed by atoms with van der Waals surface area (Å²) in [5.74, 6) is 2.57. The Labute approximate surface area is 142 Å². The smallest absolute Gasteiger partial charge is 0.164 e. The maximum absolute atomic E-state index is 5.70. The van der Waals surface area contributed by atoms with Crippen molar-refractivity contribution in [1.29, 1.82) is 0 Å². The van der Waals surface area contributed by atoms with Gasteiger partial charge in [0.1, 0.15) is 22.5 Å². The lowest BCUT2D eigenvalue weighted by Gasteiger charge is -2.38. The summed E-state index contributed by atoms with van der Waals surface area (Å²) in [5.41, 5.74) is 0.832. The van der Waals surface area contributed by atoms with Crippen molar-refractivity contribution in [3.05, 3.63) is 35.1 Å². The van der Waals surface area contributed by atoms with Crippen LogP contribution in [0.2, 0.25) is 0 Å². The van der Waals surface area contributed by atoms with E-state index in [1.807, 2.05) is 19.2 Å². The van der Waals surface area contributed by atoms with Crippen LogP contribution in [0.1, 0.15) is 31.6 Å². The largest absolute Gasteiger partial charge is 0.467 e. The summed E-state index contributed by atoms with van der Waals surface area (Å²) in [4.78, 5) is 11.3. The number of anilines is 1. The number of aromatic nitrogens is 4. The molecule has 0 radical (unpaired) electrons. The Morgan fingerprint density at radius 2 is 2.22 bits per heavy atom. The van der Waals surface area contributed by atoms with Crippen molar-refractivity contribution < 1.29 is 4.42 Å². The fraction of sp³-hybridized carbons (Fsp3) is 0.438. The van der Waals surface area contributed by atoms with E-state index in [4.69, 9.17) is 4.42 Å². The lowest BCUT2D eigenvalue weighted by atomic mass is 9.91. The van der Waals surface area contributed by atoms with Crippen LogP contribution in [0.3, 0.4) is 0 Å². The van der Waals surface area contributed by atoms with Gasteiger partial charge in [-0.25, -0.2) is 14.6 Å². The Balaban J connectivity index is 1.85. The van der Waals surface area contributed by atoms with Gasteiger partial charge >= 0.3 is 0 Å². The second kappa shape index (κ2) is 5.63. The number of nitrogens with zero attached hydrogens (tertiary/aromatic N) is 5. The Morgan fingerprint density at radius 1 is 1.35 bits per heavy atom. The number of hydrogen-bond donors (Lipinski definition) is 0. The van der Waals surface area contributed by atoms with Crippen molar-refractivity contribution in [2.45, 2.75) is 25.8 Å². The number of aryl methyl sites for hydroxylation is 1. The molecule has 0 saturated carbocycles. The molecular formula is C16H18BrN5O. The fourth-order valence-electron chi connectivity index (χ4n) is 3.39. The van der Waals surface area contributed by atoms with Crippen LogP contribution in [-0.4, -0.2) is 26.3 Å². The number of hydrogen-bond acceptors (Lipinski definition) is 5. The highest BCUT2D eigenvalue weighted by molar-refractivity contribution is 9.10. The normalized spacial score (nSPS) is 22.0. The Kier molecular flexibility index (Phi) is 3.60. The van der Waals surface area contributed by atoms with Crippen LogP contribution in [0.15, 0.2) is 33.7 Å². The van der Waals surface area contributed by atoms with Crippen LogP contribution in [0.25, 0.3) is 11.0 Å². The highest BCUT2D eigenvalue weighted by atomic mass is 79.9. The molecule has 0 N–H and O–H groups in total. The van der Waals surface area contributed by atoms with E-state index >= 15 is 0 Å². The molecule has 4 heterocycles. The van der Waals surface area contributed by atoms with Crippen molar-refractivity contribution in [3.63, 3.8) is 0 Å². The van der Waals surface area contributed by atoms with E-state index in [0.29, 0.717) is 5.92 Å². The van der Waals surface area contributed by atoms with Crippen LogP contribution in [0.4, 0.5) is 5.82 Å². The molecule has 4 rings (SSSR count).